The highest BCUT2D eigenvalue weighted by molar-refractivity contribution is 7.99. The molecule has 3 rings (SSSR count). The van der Waals surface area contributed by atoms with Crippen LogP contribution in [0.2, 0.25) is 5.02 Å². The lowest BCUT2D eigenvalue weighted by atomic mass is 10.0. The summed E-state index contributed by atoms with van der Waals surface area (Å²) in [6.45, 7) is 3.53. The van der Waals surface area contributed by atoms with Gasteiger partial charge in [-0.15, -0.1) is 10.2 Å². The molecular weight excluding hydrogens is 377 g/mol. The van der Waals surface area contributed by atoms with E-state index >= 15 is 0 Å². The Morgan fingerprint density at radius 1 is 1.44 bits per heavy atom. The summed E-state index contributed by atoms with van der Waals surface area (Å²) in [5.41, 5.74) is -0.751. The van der Waals surface area contributed by atoms with Crippen molar-refractivity contribution < 1.29 is 18.0 Å². The first-order valence-corrected chi connectivity index (χ1v) is 9.14. The van der Waals surface area contributed by atoms with Crippen molar-refractivity contribution in [2.75, 3.05) is 18.8 Å². The Morgan fingerprint density at radius 3 is 2.88 bits per heavy atom. The third-order valence-electron chi connectivity index (χ3n) is 4.09. The van der Waals surface area contributed by atoms with Crippen LogP contribution in [0.4, 0.5) is 13.2 Å². The van der Waals surface area contributed by atoms with Gasteiger partial charge in [0.2, 0.25) is 5.91 Å². The first-order chi connectivity index (χ1) is 11.8. The molecule has 0 saturated carbocycles. The molecule has 1 aliphatic heterocycles. The molecule has 1 amide bonds. The zero-order chi connectivity index (χ0) is 18.2. The second-order valence-corrected chi connectivity index (χ2v) is 7.48. The van der Waals surface area contributed by atoms with Gasteiger partial charge in [-0.3, -0.25) is 9.20 Å². The van der Waals surface area contributed by atoms with E-state index < -0.39 is 11.7 Å². The Bertz CT molecular complexity index is 795. The number of alkyl halides is 3. The quantitative estimate of drug-likeness (QED) is 0.746. The van der Waals surface area contributed by atoms with Crippen molar-refractivity contribution in [1.29, 1.82) is 0 Å². The molecule has 1 saturated heterocycles. The second-order valence-electron chi connectivity index (χ2n) is 6.13. The number of carbonyl (C=O) groups excluding carboxylic acids is 1. The van der Waals surface area contributed by atoms with Crippen LogP contribution < -0.4 is 0 Å². The lowest BCUT2D eigenvalue weighted by molar-refractivity contribution is -0.138. The Labute approximate surface area is 151 Å². The molecule has 3 heterocycles. The van der Waals surface area contributed by atoms with Crippen molar-refractivity contribution in [2.45, 2.75) is 31.1 Å². The molecule has 1 aliphatic rings. The summed E-state index contributed by atoms with van der Waals surface area (Å²) in [6, 6.07) is 0.820. The fourth-order valence-corrected chi connectivity index (χ4v) is 3.88. The van der Waals surface area contributed by atoms with Gasteiger partial charge in [0.05, 0.1) is 16.3 Å². The maximum Gasteiger partial charge on any atom is 0.417 e. The molecule has 0 aliphatic carbocycles. The van der Waals surface area contributed by atoms with E-state index in [9.17, 15) is 18.0 Å². The molecule has 5 nitrogen and oxygen atoms in total. The number of rotatable bonds is 3. The van der Waals surface area contributed by atoms with Crippen LogP contribution in [0.5, 0.6) is 0 Å². The van der Waals surface area contributed by atoms with Crippen LogP contribution in [0.3, 0.4) is 0 Å². The maximum atomic E-state index is 12.9. The van der Waals surface area contributed by atoms with Crippen LogP contribution in [0.1, 0.15) is 25.3 Å². The summed E-state index contributed by atoms with van der Waals surface area (Å²) in [6.07, 6.45) is -1.55. The van der Waals surface area contributed by atoms with Crippen molar-refractivity contribution >= 4 is 34.9 Å². The van der Waals surface area contributed by atoms with Gasteiger partial charge in [-0.25, -0.2) is 0 Å². The second kappa shape index (κ2) is 7.03. The molecule has 0 aromatic carbocycles. The standard InChI is InChI=1S/C15H16ClF3N4OS/c1-9-3-2-4-22(6-9)12(24)8-25-14-21-20-13-11(16)5-10(7-23(13)14)15(17,18)19/h5,7,9H,2-4,6,8H2,1H3/t9-/m1/s1. The number of carbonyl (C=O) groups is 1. The van der Waals surface area contributed by atoms with Crippen LogP contribution in [-0.2, 0) is 11.0 Å². The number of piperidine rings is 1. The Balaban J connectivity index is 1.77. The molecule has 2 aromatic rings. The molecule has 1 fully saturated rings. The van der Waals surface area contributed by atoms with Gasteiger partial charge in [0.15, 0.2) is 10.8 Å². The predicted octanol–water partition coefficient (Wildman–Crippen LogP) is 3.75. The number of amides is 1. The number of halogens is 4. The molecule has 0 spiro atoms. The number of hydrogen-bond donors (Lipinski definition) is 0. The van der Waals surface area contributed by atoms with Gasteiger partial charge in [0.25, 0.3) is 0 Å². The van der Waals surface area contributed by atoms with E-state index in [1.807, 2.05) is 0 Å². The number of nitrogens with zero attached hydrogens (tertiary/aromatic N) is 4. The minimum atomic E-state index is -4.52. The summed E-state index contributed by atoms with van der Waals surface area (Å²) >= 11 is 6.93. The van der Waals surface area contributed by atoms with Gasteiger partial charge < -0.3 is 4.90 Å². The third kappa shape index (κ3) is 4.03. The van der Waals surface area contributed by atoms with Crippen LogP contribution in [0.15, 0.2) is 17.4 Å². The summed E-state index contributed by atoms with van der Waals surface area (Å²) in [5, 5.41) is 7.75. The van der Waals surface area contributed by atoms with Crippen LogP contribution in [0.25, 0.3) is 5.65 Å². The minimum Gasteiger partial charge on any atom is -0.342 e. The van der Waals surface area contributed by atoms with Gasteiger partial charge in [0.1, 0.15) is 0 Å². The topological polar surface area (TPSA) is 50.5 Å². The van der Waals surface area contributed by atoms with Crippen molar-refractivity contribution in [3.63, 3.8) is 0 Å². The van der Waals surface area contributed by atoms with Crippen molar-refractivity contribution in [2.24, 2.45) is 5.92 Å². The summed E-state index contributed by atoms with van der Waals surface area (Å²) < 4.78 is 40.0. The lowest BCUT2D eigenvalue weighted by Gasteiger charge is -2.30. The monoisotopic (exact) mass is 392 g/mol. The fraction of sp³-hybridized carbons (Fsp3) is 0.533. The number of thioether (sulfide) groups is 1. The summed E-state index contributed by atoms with van der Waals surface area (Å²) in [7, 11) is 0. The van der Waals surface area contributed by atoms with Gasteiger partial charge in [-0.1, -0.05) is 30.3 Å². The molecule has 0 unspecified atom stereocenters. The van der Waals surface area contributed by atoms with E-state index in [1.54, 1.807) is 4.90 Å². The number of fused-ring (bicyclic) bond motifs is 1. The van der Waals surface area contributed by atoms with Crippen molar-refractivity contribution in [3.05, 3.63) is 22.8 Å². The highest BCUT2D eigenvalue weighted by Gasteiger charge is 2.32. The van der Waals surface area contributed by atoms with Crippen LogP contribution in [-0.4, -0.2) is 44.2 Å². The smallest absolute Gasteiger partial charge is 0.342 e. The van der Waals surface area contributed by atoms with Crippen molar-refractivity contribution in [3.8, 4) is 0 Å². The fourth-order valence-electron chi connectivity index (χ4n) is 2.82. The van der Waals surface area contributed by atoms with Gasteiger partial charge in [-0.2, -0.15) is 13.2 Å². The molecule has 1 atom stereocenters. The van der Waals surface area contributed by atoms with E-state index in [1.165, 1.54) is 4.40 Å². The van der Waals surface area contributed by atoms with Gasteiger partial charge in [-0.05, 0) is 24.8 Å². The average Bonchev–Trinajstić information content (AvgIpc) is 2.95. The number of hydrogen-bond acceptors (Lipinski definition) is 4. The largest absolute Gasteiger partial charge is 0.417 e. The zero-order valence-corrected chi connectivity index (χ0v) is 15.0. The SMILES string of the molecule is C[C@@H]1CCCN(C(=O)CSc2nnc3c(Cl)cc(C(F)(F)F)cn23)C1. The first-order valence-electron chi connectivity index (χ1n) is 7.77. The summed E-state index contributed by atoms with van der Waals surface area (Å²) in [5.74, 6) is 0.512. The molecule has 2 aromatic heterocycles. The third-order valence-corrected chi connectivity index (χ3v) is 5.30. The normalized spacial score (nSPS) is 18.8. The highest BCUT2D eigenvalue weighted by Crippen LogP contribution is 2.33. The lowest BCUT2D eigenvalue weighted by Crippen LogP contribution is -2.40. The molecule has 0 bridgehead atoms. The van der Waals surface area contributed by atoms with Crippen LogP contribution in [0, 0.1) is 5.92 Å². The average molecular weight is 393 g/mol. The maximum absolute atomic E-state index is 12.9. The Morgan fingerprint density at radius 2 is 2.20 bits per heavy atom. The molecule has 10 heteroatoms. The number of aromatic nitrogens is 3. The van der Waals surface area contributed by atoms with Gasteiger partial charge in [0, 0.05) is 19.3 Å². The molecular formula is C15H16ClF3N4OS. The van der Waals surface area contributed by atoms with E-state index in [-0.39, 0.29) is 27.5 Å². The van der Waals surface area contributed by atoms with E-state index in [2.05, 4.69) is 17.1 Å². The van der Waals surface area contributed by atoms with E-state index in [0.717, 1.165) is 36.9 Å². The Hall–Kier alpha value is -1.48. The zero-order valence-electron chi connectivity index (χ0n) is 13.4. The Kier molecular flexibility index (Phi) is 5.15. The van der Waals surface area contributed by atoms with E-state index in [0.29, 0.717) is 19.0 Å². The highest BCUT2D eigenvalue weighted by atomic mass is 35.5. The molecule has 0 N–H and O–H groups in total. The number of likely N-dealkylation sites (tertiary alicyclic amines) is 1. The van der Waals surface area contributed by atoms with Gasteiger partial charge >= 0.3 is 6.18 Å². The molecule has 0 radical (unpaired) electrons. The molecule has 136 valence electrons. The minimum absolute atomic E-state index is 0.0497. The summed E-state index contributed by atoms with van der Waals surface area (Å²) in [4.78, 5) is 14.1. The van der Waals surface area contributed by atoms with Crippen LogP contribution >= 0.6 is 23.4 Å². The number of pyridine rings is 1. The first kappa shape index (κ1) is 18.3. The van der Waals surface area contributed by atoms with Crippen molar-refractivity contribution in [1.82, 2.24) is 19.5 Å². The molecule has 25 heavy (non-hydrogen) atoms. The predicted molar refractivity (Wildman–Crippen MR) is 88.7 cm³/mol. The van der Waals surface area contributed by atoms with E-state index in [4.69, 9.17) is 11.6 Å².